The molecule has 1 heterocycles. The molecule has 0 saturated heterocycles. The minimum atomic E-state index is -0.184. The van der Waals surface area contributed by atoms with E-state index in [9.17, 15) is 4.39 Å². The average Bonchev–Trinajstić information content (AvgIpc) is 2.70. The standard InChI is InChI=1S/C13H17FN2/c1-13(2,9-12-15-7-8-16-12)10-3-5-11(14)6-4-10/h3-6H,7-9H2,1-2H3,(H,15,16). The van der Waals surface area contributed by atoms with E-state index in [4.69, 9.17) is 0 Å². The van der Waals surface area contributed by atoms with Crippen molar-refractivity contribution in [3.8, 4) is 0 Å². The van der Waals surface area contributed by atoms with Crippen LogP contribution < -0.4 is 5.32 Å². The first-order valence-electron chi connectivity index (χ1n) is 5.61. The van der Waals surface area contributed by atoms with Crippen molar-refractivity contribution in [2.45, 2.75) is 25.7 Å². The molecule has 16 heavy (non-hydrogen) atoms. The van der Waals surface area contributed by atoms with Crippen molar-refractivity contribution >= 4 is 5.84 Å². The number of hydrogen-bond donors (Lipinski definition) is 1. The van der Waals surface area contributed by atoms with Crippen LogP contribution >= 0.6 is 0 Å². The predicted molar refractivity (Wildman–Crippen MR) is 64.3 cm³/mol. The summed E-state index contributed by atoms with van der Waals surface area (Å²) in [6.07, 6.45) is 0.874. The van der Waals surface area contributed by atoms with Crippen LogP contribution in [0.25, 0.3) is 0 Å². The van der Waals surface area contributed by atoms with Crippen molar-refractivity contribution in [2.75, 3.05) is 13.1 Å². The third-order valence-corrected chi connectivity index (χ3v) is 2.98. The third-order valence-electron chi connectivity index (χ3n) is 2.98. The Labute approximate surface area is 95.6 Å². The van der Waals surface area contributed by atoms with Gasteiger partial charge in [-0.05, 0) is 23.1 Å². The van der Waals surface area contributed by atoms with Crippen LogP contribution in [-0.4, -0.2) is 18.9 Å². The Morgan fingerprint density at radius 1 is 1.31 bits per heavy atom. The molecule has 2 rings (SSSR count). The molecule has 1 N–H and O–H groups in total. The second-order valence-corrected chi connectivity index (χ2v) is 4.82. The highest BCUT2D eigenvalue weighted by atomic mass is 19.1. The minimum Gasteiger partial charge on any atom is -0.372 e. The van der Waals surface area contributed by atoms with Crippen molar-refractivity contribution in [2.24, 2.45) is 4.99 Å². The summed E-state index contributed by atoms with van der Waals surface area (Å²) >= 11 is 0. The maximum Gasteiger partial charge on any atom is 0.123 e. The first-order chi connectivity index (χ1) is 7.58. The Morgan fingerprint density at radius 2 is 2.00 bits per heavy atom. The van der Waals surface area contributed by atoms with Gasteiger partial charge in [-0.1, -0.05) is 26.0 Å². The SMILES string of the molecule is CC(C)(CC1=NCCN1)c1ccc(F)cc1. The van der Waals surface area contributed by atoms with Gasteiger partial charge in [-0.15, -0.1) is 0 Å². The number of aliphatic imine (C=N–C) groups is 1. The highest BCUT2D eigenvalue weighted by Crippen LogP contribution is 2.27. The van der Waals surface area contributed by atoms with Crippen molar-refractivity contribution < 1.29 is 4.39 Å². The molecule has 1 aliphatic rings. The minimum absolute atomic E-state index is 0.0100. The molecule has 0 amide bonds. The molecular formula is C13H17FN2. The van der Waals surface area contributed by atoms with Crippen molar-refractivity contribution in [1.82, 2.24) is 5.32 Å². The first-order valence-corrected chi connectivity index (χ1v) is 5.61. The van der Waals surface area contributed by atoms with Crippen molar-refractivity contribution in [3.63, 3.8) is 0 Å². The van der Waals surface area contributed by atoms with Crippen LogP contribution in [0.5, 0.6) is 0 Å². The van der Waals surface area contributed by atoms with Crippen molar-refractivity contribution in [1.29, 1.82) is 0 Å². The summed E-state index contributed by atoms with van der Waals surface area (Å²) < 4.78 is 12.8. The molecule has 2 nitrogen and oxygen atoms in total. The van der Waals surface area contributed by atoms with Gasteiger partial charge in [-0.25, -0.2) is 4.39 Å². The first kappa shape index (κ1) is 11.1. The molecule has 0 saturated carbocycles. The lowest BCUT2D eigenvalue weighted by Crippen LogP contribution is -2.28. The van der Waals surface area contributed by atoms with E-state index < -0.39 is 0 Å². The summed E-state index contributed by atoms with van der Waals surface area (Å²) in [4.78, 5) is 4.40. The third kappa shape index (κ3) is 2.40. The highest BCUT2D eigenvalue weighted by molar-refractivity contribution is 5.84. The van der Waals surface area contributed by atoms with Crippen LogP contribution in [0.1, 0.15) is 25.8 Å². The lowest BCUT2D eigenvalue weighted by atomic mass is 9.81. The van der Waals surface area contributed by atoms with E-state index in [0.29, 0.717) is 0 Å². The number of halogens is 1. The molecule has 0 aliphatic carbocycles. The molecule has 0 radical (unpaired) electrons. The molecule has 0 atom stereocenters. The van der Waals surface area contributed by atoms with Gasteiger partial charge >= 0.3 is 0 Å². The van der Waals surface area contributed by atoms with E-state index in [-0.39, 0.29) is 11.2 Å². The van der Waals surface area contributed by atoms with E-state index in [1.807, 2.05) is 12.1 Å². The fourth-order valence-corrected chi connectivity index (χ4v) is 1.99. The number of nitrogens with one attached hydrogen (secondary N) is 1. The van der Waals surface area contributed by atoms with Crippen LogP contribution in [0, 0.1) is 5.82 Å². The molecule has 0 spiro atoms. The van der Waals surface area contributed by atoms with Crippen LogP contribution in [0.15, 0.2) is 29.3 Å². The number of benzene rings is 1. The predicted octanol–water partition coefficient (Wildman–Crippen LogP) is 2.50. The normalized spacial score (nSPS) is 15.8. The Hall–Kier alpha value is -1.38. The van der Waals surface area contributed by atoms with Gasteiger partial charge < -0.3 is 5.32 Å². The zero-order chi connectivity index (χ0) is 11.6. The molecule has 0 bridgehead atoms. The van der Waals surface area contributed by atoms with Gasteiger partial charge in [0.2, 0.25) is 0 Å². The fourth-order valence-electron chi connectivity index (χ4n) is 1.99. The second kappa shape index (κ2) is 4.24. The molecule has 86 valence electrons. The maximum absolute atomic E-state index is 12.8. The molecule has 1 aliphatic heterocycles. The second-order valence-electron chi connectivity index (χ2n) is 4.82. The van der Waals surface area contributed by atoms with Gasteiger partial charge in [0.25, 0.3) is 0 Å². The van der Waals surface area contributed by atoms with Gasteiger partial charge in [0, 0.05) is 13.0 Å². The number of nitrogens with zero attached hydrogens (tertiary/aromatic N) is 1. The summed E-state index contributed by atoms with van der Waals surface area (Å²) in [6, 6.07) is 6.73. The molecular weight excluding hydrogens is 203 g/mol. The smallest absolute Gasteiger partial charge is 0.123 e. The van der Waals surface area contributed by atoms with Crippen LogP contribution in [0.4, 0.5) is 4.39 Å². The van der Waals surface area contributed by atoms with Gasteiger partial charge in [-0.3, -0.25) is 4.99 Å². The van der Waals surface area contributed by atoms with E-state index in [1.165, 1.54) is 12.1 Å². The van der Waals surface area contributed by atoms with Crippen LogP contribution in [0.2, 0.25) is 0 Å². The molecule has 0 unspecified atom stereocenters. The lowest BCUT2D eigenvalue weighted by molar-refractivity contribution is 0.541. The van der Waals surface area contributed by atoms with E-state index >= 15 is 0 Å². The average molecular weight is 220 g/mol. The number of rotatable bonds is 3. The van der Waals surface area contributed by atoms with Gasteiger partial charge in [0.1, 0.15) is 5.82 Å². The summed E-state index contributed by atoms with van der Waals surface area (Å²) in [7, 11) is 0. The Morgan fingerprint density at radius 3 is 2.56 bits per heavy atom. The zero-order valence-electron chi connectivity index (χ0n) is 9.76. The fraction of sp³-hybridized carbons (Fsp3) is 0.462. The summed E-state index contributed by atoms with van der Waals surface area (Å²) in [5, 5.41) is 3.27. The van der Waals surface area contributed by atoms with Crippen molar-refractivity contribution in [3.05, 3.63) is 35.6 Å². The van der Waals surface area contributed by atoms with Gasteiger partial charge in [-0.2, -0.15) is 0 Å². The Kier molecular flexibility index (Phi) is 2.95. The van der Waals surface area contributed by atoms with E-state index in [0.717, 1.165) is 30.9 Å². The van der Waals surface area contributed by atoms with Crippen LogP contribution in [0.3, 0.4) is 0 Å². The molecule has 1 aromatic rings. The molecule has 3 heteroatoms. The molecule has 1 aromatic carbocycles. The summed E-state index contributed by atoms with van der Waals surface area (Å²) in [6.45, 7) is 6.12. The summed E-state index contributed by atoms with van der Waals surface area (Å²) in [5.74, 6) is 0.880. The molecule has 0 aromatic heterocycles. The van der Waals surface area contributed by atoms with Gasteiger partial charge in [0.05, 0.1) is 12.4 Å². The largest absolute Gasteiger partial charge is 0.372 e. The van der Waals surface area contributed by atoms with E-state index in [2.05, 4.69) is 24.2 Å². The monoisotopic (exact) mass is 220 g/mol. The van der Waals surface area contributed by atoms with Crippen LogP contribution in [-0.2, 0) is 5.41 Å². The zero-order valence-corrected chi connectivity index (χ0v) is 9.76. The quantitative estimate of drug-likeness (QED) is 0.831. The Bertz CT molecular complexity index is 393. The van der Waals surface area contributed by atoms with E-state index in [1.54, 1.807) is 0 Å². The molecule has 0 fully saturated rings. The number of amidine groups is 1. The number of hydrogen-bond acceptors (Lipinski definition) is 2. The summed E-state index contributed by atoms with van der Waals surface area (Å²) in [5.41, 5.74) is 1.13. The Balaban J connectivity index is 2.14. The lowest BCUT2D eigenvalue weighted by Gasteiger charge is -2.25. The maximum atomic E-state index is 12.8. The van der Waals surface area contributed by atoms with Gasteiger partial charge in [0.15, 0.2) is 0 Å². The topological polar surface area (TPSA) is 24.4 Å². The highest BCUT2D eigenvalue weighted by Gasteiger charge is 2.24.